The molecule has 0 aromatic heterocycles. The maximum atomic E-state index is 12.8. The lowest BCUT2D eigenvalue weighted by molar-refractivity contribution is -0.206. The molecule has 1 aromatic carbocycles. The molecule has 0 aliphatic heterocycles. The molecule has 0 fully saturated rings. The summed E-state index contributed by atoms with van der Waals surface area (Å²) in [5.41, 5.74) is -2.72. The van der Waals surface area contributed by atoms with Gasteiger partial charge < -0.3 is 9.84 Å². The summed E-state index contributed by atoms with van der Waals surface area (Å²) >= 11 is 5.75. The van der Waals surface area contributed by atoms with E-state index in [1.54, 1.807) is 0 Å². The topological polar surface area (TPSA) is 58.6 Å². The molecular formula is C12H13ClF3NO3. The highest BCUT2D eigenvalue weighted by Gasteiger charge is 2.57. The third-order valence-electron chi connectivity index (χ3n) is 2.87. The Bertz CT molecular complexity index is 507. The highest BCUT2D eigenvalue weighted by Crippen LogP contribution is 2.31. The third kappa shape index (κ3) is 3.34. The number of methoxy groups -OCH3 is 1. The number of halogens is 4. The lowest BCUT2D eigenvalue weighted by Gasteiger charge is -2.29. The molecule has 0 saturated carbocycles. The highest BCUT2D eigenvalue weighted by molar-refractivity contribution is 6.30. The Morgan fingerprint density at radius 3 is 2.50 bits per heavy atom. The number of rotatable bonds is 5. The first-order chi connectivity index (χ1) is 9.11. The molecule has 1 rings (SSSR count). The van der Waals surface area contributed by atoms with Crippen molar-refractivity contribution in [3.63, 3.8) is 0 Å². The first-order valence-corrected chi connectivity index (χ1v) is 5.87. The molecule has 1 atom stereocenters. The average Bonchev–Trinajstić information content (AvgIpc) is 2.34. The fourth-order valence-corrected chi connectivity index (χ4v) is 1.65. The zero-order valence-corrected chi connectivity index (χ0v) is 11.5. The van der Waals surface area contributed by atoms with Crippen LogP contribution >= 0.6 is 11.6 Å². The molecule has 0 amide bonds. The zero-order chi connectivity index (χ0) is 15.6. The smallest absolute Gasteiger partial charge is 0.417 e. The molecule has 0 aliphatic rings. The summed E-state index contributed by atoms with van der Waals surface area (Å²) in [6.45, 7) is 0.207. The van der Waals surface area contributed by atoms with Gasteiger partial charge in [0, 0.05) is 17.1 Å². The number of carboxylic acid groups (broad SMARTS) is 1. The standard InChI is InChI=1S/C12H13ClF3NO3/c1-11(10(18)19,12(14,15)16)17-6-7-5-8(13)3-4-9(7)20-2/h3-5,17H,6H2,1-2H3,(H,18,19). The molecule has 0 aliphatic carbocycles. The number of carboxylic acids is 1. The second kappa shape index (κ2) is 5.88. The van der Waals surface area contributed by atoms with Gasteiger partial charge in [0.1, 0.15) is 5.75 Å². The molecule has 0 spiro atoms. The monoisotopic (exact) mass is 311 g/mol. The van der Waals surface area contributed by atoms with E-state index in [4.69, 9.17) is 21.4 Å². The summed E-state index contributed by atoms with van der Waals surface area (Å²) in [6, 6.07) is 4.42. The van der Waals surface area contributed by atoms with Gasteiger partial charge in [-0.05, 0) is 25.1 Å². The minimum absolute atomic E-state index is 0.312. The van der Waals surface area contributed by atoms with Gasteiger partial charge in [-0.25, -0.2) is 4.79 Å². The summed E-state index contributed by atoms with van der Waals surface area (Å²) in [7, 11) is 1.35. The Kier molecular flexibility index (Phi) is 4.88. The van der Waals surface area contributed by atoms with E-state index in [2.05, 4.69) is 0 Å². The second-order valence-corrected chi connectivity index (χ2v) is 4.67. The number of ether oxygens (including phenoxy) is 1. The molecule has 0 saturated heterocycles. The number of benzene rings is 1. The summed E-state index contributed by atoms with van der Waals surface area (Å²) in [5.74, 6) is -1.69. The van der Waals surface area contributed by atoms with Gasteiger partial charge in [0.2, 0.25) is 5.54 Å². The van der Waals surface area contributed by atoms with E-state index in [1.165, 1.54) is 25.3 Å². The van der Waals surface area contributed by atoms with Gasteiger partial charge in [-0.3, -0.25) is 5.32 Å². The Labute approximate surface area is 118 Å². The SMILES string of the molecule is COc1ccc(Cl)cc1CNC(C)(C(=O)O)C(F)(F)F. The number of nitrogens with one attached hydrogen (secondary N) is 1. The molecule has 0 radical (unpaired) electrons. The summed E-state index contributed by atoms with van der Waals surface area (Å²) in [6.07, 6.45) is -4.94. The van der Waals surface area contributed by atoms with E-state index in [9.17, 15) is 18.0 Å². The van der Waals surface area contributed by atoms with E-state index in [1.807, 2.05) is 5.32 Å². The van der Waals surface area contributed by atoms with Crippen molar-refractivity contribution in [3.05, 3.63) is 28.8 Å². The van der Waals surface area contributed by atoms with Crippen molar-refractivity contribution >= 4 is 17.6 Å². The fraction of sp³-hybridized carbons (Fsp3) is 0.417. The molecule has 0 heterocycles. The molecule has 0 bridgehead atoms. The minimum atomic E-state index is -4.94. The van der Waals surface area contributed by atoms with Crippen LogP contribution in [0.25, 0.3) is 0 Å². The number of hydrogen-bond donors (Lipinski definition) is 2. The Hall–Kier alpha value is -1.47. The quantitative estimate of drug-likeness (QED) is 0.878. The molecular weight excluding hydrogens is 299 g/mol. The van der Waals surface area contributed by atoms with Crippen LogP contribution in [0.4, 0.5) is 13.2 Å². The van der Waals surface area contributed by atoms with Crippen LogP contribution in [0.3, 0.4) is 0 Å². The van der Waals surface area contributed by atoms with Gasteiger partial charge in [0.05, 0.1) is 7.11 Å². The second-order valence-electron chi connectivity index (χ2n) is 4.24. The predicted molar refractivity (Wildman–Crippen MR) is 66.9 cm³/mol. The predicted octanol–water partition coefficient (Wildman–Crippen LogP) is 2.84. The fourth-order valence-electron chi connectivity index (χ4n) is 1.45. The number of carbonyl (C=O) groups is 1. The van der Waals surface area contributed by atoms with Crippen molar-refractivity contribution < 1.29 is 27.8 Å². The van der Waals surface area contributed by atoms with Gasteiger partial charge in [-0.1, -0.05) is 11.6 Å². The van der Waals surface area contributed by atoms with Crippen molar-refractivity contribution in [3.8, 4) is 5.75 Å². The Balaban J connectivity index is 3.00. The maximum Gasteiger partial charge on any atom is 0.417 e. The van der Waals surface area contributed by atoms with Crippen LogP contribution in [-0.2, 0) is 11.3 Å². The third-order valence-corrected chi connectivity index (χ3v) is 3.10. The van der Waals surface area contributed by atoms with Gasteiger partial charge in [0.25, 0.3) is 0 Å². The zero-order valence-electron chi connectivity index (χ0n) is 10.7. The first-order valence-electron chi connectivity index (χ1n) is 5.49. The van der Waals surface area contributed by atoms with E-state index >= 15 is 0 Å². The van der Waals surface area contributed by atoms with Crippen LogP contribution in [0.5, 0.6) is 5.75 Å². The molecule has 4 nitrogen and oxygen atoms in total. The van der Waals surface area contributed by atoms with E-state index < -0.39 is 17.7 Å². The number of alkyl halides is 3. The highest BCUT2D eigenvalue weighted by atomic mass is 35.5. The van der Waals surface area contributed by atoms with Crippen LogP contribution < -0.4 is 10.1 Å². The van der Waals surface area contributed by atoms with Crippen LogP contribution in [0, 0.1) is 0 Å². The van der Waals surface area contributed by atoms with Crippen molar-refractivity contribution in [2.45, 2.75) is 25.2 Å². The molecule has 2 N–H and O–H groups in total. The average molecular weight is 312 g/mol. The maximum absolute atomic E-state index is 12.8. The van der Waals surface area contributed by atoms with Crippen LogP contribution in [0.2, 0.25) is 5.02 Å². The summed E-state index contributed by atoms with van der Waals surface area (Å²) < 4.78 is 43.4. The van der Waals surface area contributed by atoms with Crippen molar-refractivity contribution in [1.82, 2.24) is 5.32 Å². The lowest BCUT2D eigenvalue weighted by atomic mass is 10.0. The van der Waals surface area contributed by atoms with Crippen molar-refractivity contribution in [2.24, 2.45) is 0 Å². The van der Waals surface area contributed by atoms with Crippen LogP contribution in [0.15, 0.2) is 18.2 Å². The molecule has 112 valence electrons. The molecule has 1 unspecified atom stereocenters. The number of hydrogen-bond acceptors (Lipinski definition) is 3. The van der Waals surface area contributed by atoms with Gasteiger partial charge in [0.15, 0.2) is 0 Å². The Morgan fingerprint density at radius 1 is 1.45 bits per heavy atom. The summed E-state index contributed by atoms with van der Waals surface area (Å²) in [4.78, 5) is 10.9. The van der Waals surface area contributed by atoms with E-state index in [-0.39, 0.29) is 6.54 Å². The first kappa shape index (κ1) is 16.6. The van der Waals surface area contributed by atoms with Crippen molar-refractivity contribution in [1.29, 1.82) is 0 Å². The van der Waals surface area contributed by atoms with Crippen LogP contribution in [-0.4, -0.2) is 29.9 Å². The normalized spacial score (nSPS) is 14.7. The van der Waals surface area contributed by atoms with Gasteiger partial charge in [-0.15, -0.1) is 0 Å². The summed E-state index contributed by atoms with van der Waals surface area (Å²) in [5, 5.41) is 11.1. The molecule has 20 heavy (non-hydrogen) atoms. The minimum Gasteiger partial charge on any atom is -0.496 e. The van der Waals surface area contributed by atoms with Gasteiger partial charge in [-0.2, -0.15) is 13.2 Å². The lowest BCUT2D eigenvalue weighted by Crippen LogP contribution is -2.59. The number of aliphatic carboxylic acids is 1. The van der Waals surface area contributed by atoms with Gasteiger partial charge >= 0.3 is 12.1 Å². The molecule has 8 heteroatoms. The molecule has 1 aromatic rings. The van der Waals surface area contributed by atoms with Crippen molar-refractivity contribution in [2.75, 3.05) is 7.11 Å². The van der Waals surface area contributed by atoms with Crippen LogP contribution in [0.1, 0.15) is 12.5 Å². The largest absolute Gasteiger partial charge is 0.496 e. The Morgan fingerprint density at radius 2 is 2.05 bits per heavy atom. The van der Waals surface area contributed by atoms with E-state index in [0.29, 0.717) is 23.3 Å². The van der Waals surface area contributed by atoms with E-state index in [0.717, 1.165) is 0 Å².